The van der Waals surface area contributed by atoms with Gasteiger partial charge in [0.15, 0.2) is 0 Å². The number of benzene rings is 10. The van der Waals surface area contributed by atoms with E-state index >= 15 is 0 Å². The fourth-order valence-corrected chi connectivity index (χ4v) is 12.0. The van der Waals surface area contributed by atoms with E-state index in [1.165, 1.54) is 111 Å². The van der Waals surface area contributed by atoms with E-state index in [2.05, 4.69) is 267 Å². The van der Waals surface area contributed by atoms with Gasteiger partial charge in [0.1, 0.15) is 0 Å². The van der Waals surface area contributed by atoms with Gasteiger partial charge in [-0.05, 0) is 126 Å². The number of fused-ring (bicyclic) bond motifs is 9. The quantitative estimate of drug-likeness (QED) is 0.134. The maximum Gasteiger partial charge on any atom is 0.0713 e. The lowest BCUT2D eigenvalue weighted by Gasteiger charge is -2.34. The molecule has 0 fully saturated rings. The van der Waals surface area contributed by atoms with E-state index in [1.807, 2.05) is 0 Å². The molecule has 1 heteroatoms. The van der Waals surface area contributed by atoms with Gasteiger partial charge < -0.3 is 4.57 Å². The van der Waals surface area contributed by atoms with E-state index in [4.69, 9.17) is 0 Å². The molecular weight excluding hydrogens is 819 g/mol. The van der Waals surface area contributed by atoms with Gasteiger partial charge in [0.25, 0.3) is 0 Å². The molecule has 2 aliphatic rings. The van der Waals surface area contributed by atoms with Gasteiger partial charge in [-0.3, -0.25) is 0 Å². The predicted molar refractivity (Wildman–Crippen MR) is 286 cm³/mol. The van der Waals surface area contributed by atoms with Crippen molar-refractivity contribution in [1.29, 1.82) is 0 Å². The van der Waals surface area contributed by atoms with Crippen LogP contribution in [-0.2, 0) is 17.3 Å². The minimum Gasteiger partial charge on any atom is -0.309 e. The highest BCUT2D eigenvalue weighted by atomic mass is 15.0. The zero-order valence-electron chi connectivity index (χ0n) is 38.3. The van der Waals surface area contributed by atoms with Crippen molar-refractivity contribution in [3.8, 4) is 39.1 Å². The Morgan fingerprint density at radius 1 is 0.426 bits per heavy atom. The van der Waals surface area contributed by atoms with Crippen LogP contribution in [0.25, 0.3) is 72.5 Å². The van der Waals surface area contributed by atoms with Crippen molar-refractivity contribution in [3.63, 3.8) is 0 Å². The van der Waals surface area contributed by atoms with Crippen LogP contribution in [0.5, 0.6) is 0 Å². The smallest absolute Gasteiger partial charge is 0.0713 e. The molecule has 0 atom stereocenters. The second-order valence-electron chi connectivity index (χ2n) is 19.2. The summed E-state index contributed by atoms with van der Waals surface area (Å²) < 4.78 is 2.40. The lowest BCUT2D eigenvalue weighted by molar-refractivity contribution is 0.660. The summed E-state index contributed by atoms with van der Waals surface area (Å²) in [6.07, 6.45) is 3.18. The van der Waals surface area contributed by atoms with E-state index in [9.17, 15) is 0 Å². The number of hydrogen-bond acceptors (Lipinski definition) is 0. The number of nitrogens with zero attached hydrogens (tertiary/aromatic N) is 1. The molecule has 1 heterocycles. The first-order valence-corrected chi connectivity index (χ1v) is 24.0. The Bertz CT molecular complexity index is 3660. The Labute approximate surface area is 399 Å². The topological polar surface area (TPSA) is 4.93 Å². The summed E-state index contributed by atoms with van der Waals surface area (Å²) in [7, 11) is 0. The molecule has 68 heavy (non-hydrogen) atoms. The molecule has 11 aromatic rings. The van der Waals surface area contributed by atoms with Crippen molar-refractivity contribution >= 4 is 33.5 Å². The molecule has 1 nitrogen and oxygen atoms in total. The van der Waals surface area contributed by atoms with Crippen LogP contribution < -0.4 is 0 Å². The Hall–Kier alpha value is -8.26. The summed E-state index contributed by atoms with van der Waals surface area (Å²) in [5.41, 5.74) is 23.7. The van der Waals surface area contributed by atoms with Gasteiger partial charge in [-0.15, -0.1) is 0 Å². The minimum atomic E-state index is -0.547. The number of allylic oxidation sites excluding steroid dienone is 1. The average molecular weight is 868 g/mol. The third kappa shape index (κ3) is 6.09. The Kier molecular flexibility index (Phi) is 9.24. The van der Waals surface area contributed by atoms with Crippen LogP contribution in [0.4, 0.5) is 0 Å². The molecule has 0 amide bonds. The average Bonchev–Trinajstić information content (AvgIpc) is 3.98. The van der Waals surface area contributed by atoms with Gasteiger partial charge >= 0.3 is 0 Å². The van der Waals surface area contributed by atoms with Gasteiger partial charge in [-0.2, -0.15) is 0 Å². The van der Waals surface area contributed by atoms with Crippen LogP contribution in [0, 0.1) is 0 Å². The molecule has 322 valence electrons. The standard InChI is InChI=1S/C67H49N/c1-66(2)59-29-15-12-25-54(59)55-40-36-48(44-61(55)66)49(41-45-19-6-3-7-20-45)42-46-33-39-58-62(43-46)67(50-21-8-4-9-22-50,51-23-10-5-11-24-51)60-30-18-28-53(65(58)60)47-34-37-52(38-35-47)68-63-31-16-13-26-56(63)57-27-14-17-32-64(57)68/h3-41,43-44H,42H2,1-2H3/b49-41-. The van der Waals surface area contributed by atoms with Crippen LogP contribution in [0.1, 0.15) is 63.9 Å². The summed E-state index contributed by atoms with van der Waals surface area (Å²) >= 11 is 0. The van der Waals surface area contributed by atoms with Gasteiger partial charge in [0.05, 0.1) is 16.4 Å². The normalized spacial score (nSPS) is 14.1. The molecule has 0 N–H and O–H groups in total. The fourth-order valence-electron chi connectivity index (χ4n) is 12.0. The Morgan fingerprint density at radius 3 is 1.68 bits per heavy atom. The van der Waals surface area contributed by atoms with Crippen molar-refractivity contribution < 1.29 is 0 Å². The van der Waals surface area contributed by atoms with E-state index in [1.54, 1.807) is 0 Å². The zero-order chi connectivity index (χ0) is 45.4. The lowest BCUT2D eigenvalue weighted by Crippen LogP contribution is -2.28. The minimum absolute atomic E-state index is 0.0901. The molecular formula is C67H49N. The summed E-state index contributed by atoms with van der Waals surface area (Å²) in [6, 6.07) is 90.4. The lowest BCUT2D eigenvalue weighted by atomic mass is 9.67. The highest BCUT2D eigenvalue weighted by Gasteiger charge is 2.47. The van der Waals surface area contributed by atoms with E-state index in [0.717, 1.165) is 12.1 Å². The van der Waals surface area contributed by atoms with Crippen LogP contribution >= 0.6 is 0 Å². The number of hydrogen-bond donors (Lipinski definition) is 0. The van der Waals surface area contributed by atoms with Crippen LogP contribution in [0.15, 0.2) is 243 Å². The zero-order valence-corrected chi connectivity index (χ0v) is 38.3. The van der Waals surface area contributed by atoms with Crippen molar-refractivity contribution in [2.75, 3.05) is 0 Å². The molecule has 0 saturated carbocycles. The van der Waals surface area contributed by atoms with E-state index in [0.29, 0.717) is 0 Å². The molecule has 0 unspecified atom stereocenters. The van der Waals surface area contributed by atoms with Gasteiger partial charge in [-0.1, -0.05) is 232 Å². The highest BCUT2D eigenvalue weighted by molar-refractivity contribution is 6.09. The first kappa shape index (κ1) is 40.1. The monoisotopic (exact) mass is 867 g/mol. The largest absolute Gasteiger partial charge is 0.309 e. The van der Waals surface area contributed by atoms with Gasteiger partial charge in [0, 0.05) is 21.9 Å². The van der Waals surface area contributed by atoms with E-state index < -0.39 is 5.41 Å². The Morgan fingerprint density at radius 2 is 0.985 bits per heavy atom. The fraction of sp³-hybridized carbons (Fsp3) is 0.0746. The number of aromatic nitrogens is 1. The molecule has 0 aliphatic heterocycles. The summed E-state index contributed by atoms with van der Waals surface area (Å²) in [5, 5.41) is 2.54. The molecule has 0 bridgehead atoms. The first-order valence-electron chi connectivity index (χ1n) is 24.0. The molecule has 0 spiro atoms. The SMILES string of the molecule is CC1(C)c2ccccc2-c2ccc(/C(=C\c3ccccc3)Cc3ccc4c(c3)C(c3ccccc3)(c3ccccc3)c3cccc(-c5ccc(-n6c7ccccc7c7ccccc76)cc5)c3-4)cc21. The van der Waals surface area contributed by atoms with Gasteiger partial charge in [0.2, 0.25) is 0 Å². The molecule has 13 rings (SSSR count). The predicted octanol–water partition coefficient (Wildman–Crippen LogP) is 16.9. The van der Waals surface area contributed by atoms with E-state index in [-0.39, 0.29) is 5.41 Å². The number of rotatable bonds is 8. The van der Waals surface area contributed by atoms with Gasteiger partial charge in [-0.25, -0.2) is 0 Å². The van der Waals surface area contributed by atoms with Crippen molar-refractivity contribution in [2.24, 2.45) is 0 Å². The molecule has 10 aromatic carbocycles. The maximum absolute atomic E-state index is 2.54. The number of para-hydroxylation sites is 2. The molecule has 0 radical (unpaired) electrons. The highest BCUT2D eigenvalue weighted by Crippen LogP contribution is 2.59. The second kappa shape index (κ2) is 15.7. The van der Waals surface area contributed by atoms with Crippen LogP contribution in [0.3, 0.4) is 0 Å². The second-order valence-corrected chi connectivity index (χ2v) is 19.2. The molecule has 1 aromatic heterocycles. The summed E-state index contributed by atoms with van der Waals surface area (Å²) in [4.78, 5) is 0. The third-order valence-corrected chi connectivity index (χ3v) is 15.1. The van der Waals surface area contributed by atoms with Crippen molar-refractivity contribution in [1.82, 2.24) is 4.57 Å². The first-order chi connectivity index (χ1) is 33.5. The summed E-state index contributed by atoms with van der Waals surface area (Å²) in [5.74, 6) is 0. The molecule has 0 saturated heterocycles. The van der Waals surface area contributed by atoms with Crippen molar-refractivity contribution in [3.05, 3.63) is 293 Å². The Balaban J connectivity index is 0.982. The summed E-state index contributed by atoms with van der Waals surface area (Å²) in [6.45, 7) is 4.75. The maximum atomic E-state index is 2.54. The van der Waals surface area contributed by atoms with Crippen LogP contribution in [0.2, 0.25) is 0 Å². The van der Waals surface area contributed by atoms with Crippen LogP contribution in [-0.4, -0.2) is 4.57 Å². The van der Waals surface area contributed by atoms with Crippen molar-refractivity contribution in [2.45, 2.75) is 31.1 Å². The molecule has 2 aliphatic carbocycles. The third-order valence-electron chi connectivity index (χ3n) is 15.1.